The van der Waals surface area contributed by atoms with Crippen LogP contribution in [0.4, 0.5) is 0 Å². The third kappa shape index (κ3) is 3.30. The van der Waals surface area contributed by atoms with Crippen LogP contribution in [0.3, 0.4) is 0 Å². The Morgan fingerprint density at radius 1 is 1.50 bits per heavy atom. The van der Waals surface area contributed by atoms with E-state index in [1.807, 2.05) is 11.9 Å². The van der Waals surface area contributed by atoms with Crippen LogP contribution in [-0.2, 0) is 0 Å². The lowest BCUT2D eigenvalue weighted by atomic mass is 10.1. The molecule has 4 N–H and O–H groups in total. The average molecular weight is 310 g/mol. The van der Waals surface area contributed by atoms with Gasteiger partial charge in [-0.1, -0.05) is 5.16 Å². The molecule has 0 spiro atoms. The van der Waals surface area contributed by atoms with Crippen molar-refractivity contribution in [3.8, 4) is 0 Å². The summed E-state index contributed by atoms with van der Waals surface area (Å²) in [7, 11) is 1.89. The highest BCUT2D eigenvalue weighted by atomic mass is 16.5. The molecule has 2 rings (SSSR count). The number of aryl methyl sites for hydroxylation is 2. The van der Waals surface area contributed by atoms with E-state index in [4.69, 9.17) is 10.4 Å². The van der Waals surface area contributed by atoms with Gasteiger partial charge in [-0.15, -0.1) is 0 Å². The van der Waals surface area contributed by atoms with E-state index in [1.165, 1.54) is 0 Å². The summed E-state index contributed by atoms with van der Waals surface area (Å²) in [6.07, 6.45) is 0.0590. The molecular formula is C14H26N6O2. The van der Waals surface area contributed by atoms with E-state index in [1.54, 1.807) is 13.8 Å². The van der Waals surface area contributed by atoms with Crippen molar-refractivity contribution in [1.29, 1.82) is 0 Å². The number of nitrogens with zero attached hydrogens (tertiary/aromatic N) is 3. The molecule has 0 bridgehead atoms. The summed E-state index contributed by atoms with van der Waals surface area (Å²) < 4.78 is 5.11. The van der Waals surface area contributed by atoms with Crippen LogP contribution < -0.4 is 16.6 Å². The zero-order valence-corrected chi connectivity index (χ0v) is 13.7. The molecule has 1 fully saturated rings. The minimum absolute atomic E-state index is 0.00530. The first-order valence-electron chi connectivity index (χ1n) is 7.58. The molecule has 1 aromatic heterocycles. The number of nitrogens with two attached hydrogens (primary N) is 1. The van der Waals surface area contributed by atoms with Gasteiger partial charge >= 0.3 is 0 Å². The first-order valence-corrected chi connectivity index (χ1v) is 7.58. The highest BCUT2D eigenvalue weighted by molar-refractivity contribution is 5.96. The highest BCUT2D eigenvalue weighted by Crippen LogP contribution is 2.19. The van der Waals surface area contributed by atoms with Crippen molar-refractivity contribution in [3.05, 3.63) is 17.0 Å². The molecule has 1 aromatic rings. The molecule has 1 aliphatic heterocycles. The van der Waals surface area contributed by atoms with Gasteiger partial charge in [0.1, 0.15) is 11.3 Å². The van der Waals surface area contributed by atoms with Crippen LogP contribution in [0.15, 0.2) is 4.52 Å². The van der Waals surface area contributed by atoms with Crippen molar-refractivity contribution in [2.24, 2.45) is 5.84 Å². The summed E-state index contributed by atoms with van der Waals surface area (Å²) in [6.45, 7) is 8.57. The summed E-state index contributed by atoms with van der Waals surface area (Å²) in [6, 6.07) is 0.0997. The standard InChI is InChI=1S/C14H26N6O2/c1-9-8-19(12(17-15)7-16-4)5-6-20(9)14(21)13-10(2)18-22-11(13)3/h9,12,16-17H,5-8,15H2,1-4H3. The Hall–Kier alpha value is -1.48. The second-order valence-corrected chi connectivity index (χ2v) is 5.78. The van der Waals surface area contributed by atoms with Gasteiger partial charge < -0.3 is 14.7 Å². The molecule has 0 aliphatic carbocycles. The molecule has 2 heterocycles. The number of carbonyl (C=O) groups excluding carboxylic acids is 1. The molecule has 8 nitrogen and oxygen atoms in total. The normalized spacial score (nSPS) is 21.1. The largest absolute Gasteiger partial charge is 0.361 e. The van der Waals surface area contributed by atoms with Gasteiger partial charge in [0.2, 0.25) is 0 Å². The van der Waals surface area contributed by atoms with E-state index >= 15 is 0 Å². The Morgan fingerprint density at radius 3 is 2.73 bits per heavy atom. The fraction of sp³-hybridized carbons (Fsp3) is 0.714. The van der Waals surface area contributed by atoms with Crippen LogP contribution in [0, 0.1) is 13.8 Å². The third-order valence-electron chi connectivity index (χ3n) is 4.20. The molecule has 1 amide bonds. The average Bonchev–Trinajstić information content (AvgIpc) is 2.83. The number of carbonyl (C=O) groups is 1. The van der Waals surface area contributed by atoms with Crippen molar-refractivity contribution < 1.29 is 9.32 Å². The topological polar surface area (TPSA) is 99.7 Å². The minimum atomic E-state index is -0.00530. The number of hydrogen-bond donors (Lipinski definition) is 3. The predicted octanol–water partition coefficient (Wildman–Crippen LogP) is -0.553. The monoisotopic (exact) mass is 310 g/mol. The first kappa shape index (κ1) is 16.9. The molecule has 2 unspecified atom stereocenters. The Bertz CT molecular complexity index is 498. The number of rotatable bonds is 5. The minimum Gasteiger partial charge on any atom is -0.361 e. The van der Waals surface area contributed by atoms with Crippen LogP contribution in [0.2, 0.25) is 0 Å². The zero-order valence-electron chi connectivity index (χ0n) is 13.7. The Morgan fingerprint density at radius 2 is 2.23 bits per heavy atom. The van der Waals surface area contributed by atoms with Crippen molar-refractivity contribution in [3.63, 3.8) is 0 Å². The van der Waals surface area contributed by atoms with Gasteiger partial charge in [-0.3, -0.25) is 15.5 Å². The third-order valence-corrected chi connectivity index (χ3v) is 4.20. The van der Waals surface area contributed by atoms with Crippen LogP contribution in [0.1, 0.15) is 28.7 Å². The van der Waals surface area contributed by atoms with E-state index < -0.39 is 0 Å². The molecule has 2 atom stereocenters. The van der Waals surface area contributed by atoms with Gasteiger partial charge in [0.15, 0.2) is 0 Å². The van der Waals surface area contributed by atoms with Gasteiger partial charge in [-0.25, -0.2) is 5.43 Å². The SMILES string of the molecule is CNCC(NN)N1CCN(C(=O)c2c(C)noc2C)C(C)C1. The van der Waals surface area contributed by atoms with Crippen LogP contribution >= 0.6 is 0 Å². The van der Waals surface area contributed by atoms with Gasteiger partial charge in [0.25, 0.3) is 5.91 Å². The van der Waals surface area contributed by atoms with E-state index in [0.717, 1.165) is 19.6 Å². The fourth-order valence-electron chi connectivity index (χ4n) is 2.99. The molecule has 0 aromatic carbocycles. The van der Waals surface area contributed by atoms with Gasteiger partial charge in [-0.05, 0) is 27.8 Å². The predicted molar refractivity (Wildman–Crippen MR) is 83.1 cm³/mol. The quantitative estimate of drug-likeness (QED) is 0.495. The van der Waals surface area contributed by atoms with E-state index in [-0.39, 0.29) is 18.1 Å². The second kappa shape index (κ2) is 7.19. The zero-order chi connectivity index (χ0) is 16.3. The number of nitrogens with one attached hydrogen (secondary N) is 2. The smallest absolute Gasteiger partial charge is 0.259 e. The van der Waals surface area contributed by atoms with E-state index in [0.29, 0.717) is 23.6 Å². The molecule has 1 aliphatic rings. The maximum atomic E-state index is 12.7. The lowest BCUT2D eigenvalue weighted by Crippen LogP contribution is -2.62. The molecule has 22 heavy (non-hydrogen) atoms. The Labute approximate surface area is 130 Å². The molecule has 0 radical (unpaired) electrons. The van der Waals surface area contributed by atoms with Crippen molar-refractivity contribution in [2.75, 3.05) is 33.2 Å². The lowest BCUT2D eigenvalue weighted by molar-refractivity contribution is 0.0337. The van der Waals surface area contributed by atoms with Crippen LogP contribution in [0.5, 0.6) is 0 Å². The second-order valence-electron chi connectivity index (χ2n) is 5.78. The molecular weight excluding hydrogens is 284 g/mol. The molecule has 1 saturated heterocycles. The van der Waals surface area contributed by atoms with Crippen molar-refractivity contribution in [1.82, 2.24) is 25.7 Å². The molecule has 0 saturated carbocycles. The van der Waals surface area contributed by atoms with Crippen LogP contribution in [-0.4, -0.2) is 66.3 Å². The summed E-state index contributed by atoms with van der Waals surface area (Å²) in [4.78, 5) is 16.9. The number of hydrazine groups is 1. The maximum absolute atomic E-state index is 12.7. The summed E-state index contributed by atoms with van der Waals surface area (Å²) in [5, 5.41) is 6.99. The number of piperazine rings is 1. The fourth-order valence-corrected chi connectivity index (χ4v) is 2.99. The molecule has 124 valence electrons. The maximum Gasteiger partial charge on any atom is 0.259 e. The highest BCUT2D eigenvalue weighted by Gasteiger charge is 2.33. The first-order chi connectivity index (χ1) is 10.5. The Balaban J connectivity index is 2.06. The van der Waals surface area contributed by atoms with E-state index in [9.17, 15) is 4.79 Å². The summed E-state index contributed by atoms with van der Waals surface area (Å²) in [5.74, 6) is 6.19. The molecule has 8 heteroatoms. The number of likely N-dealkylation sites (N-methyl/N-ethyl adjacent to an activating group) is 1. The van der Waals surface area contributed by atoms with Gasteiger partial charge in [-0.2, -0.15) is 0 Å². The van der Waals surface area contributed by atoms with Crippen molar-refractivity contribution in [2.45, 2.75) is 33.0 Å². The van der Waals surface area contributed by atoms with Gasteiger partial charge in [0, 0.05) is 32.2 Å². The van der Waals surface area contributed by atoms with Gasteiger partial charge in [0.05, 0.1) is 11.9 Å². The van der Waals surface area contributed by atoms with E-state index in [2.05, 4.69) is 27.7 Å². The number of hydrogen-bond acceptors (Lipinski definition) is 7. The summed E-state index contributed by atoms with van der Waals surface area (Å²) >= 11 is 0. The Kier molecular flexibility index (Phi) is 5.52. The number of amides is 1. The van der Waals surface area contributed by atoms with Crippen molar-refractivity contribution >= 4 is 5.91 Å². The lowest BCUT2D eigenvalue weighted by Gasteiger charge is -2.43. The van der Waals surface area contributed by atoms with Crippen LogP contribution in [0.25, 0.3) is 0 Å². The number of aromatic nitrogens is 1. The summed E-state index contributed by atoms with van der Waals surface area (Å²) in [5.41, 5.74) is 4.05.